The molecular weight excluding hydrogens is 448 g/mol. The van der Waals surface area contributed by atoms with Gasteiger partial charge in [-0.05, 0) is 49.2 Å². The first kappa shape index (κ1) is 24.3. The van der Waals surface area contributed by atoms with Crippen molar-refractivity contribution in [3.63, 3.8) is 0 Å². The molecule has 0 unspecified atom stereocenters. The Bertz CT molecular complexity index is 1020. The van der Waals surface area contributed by atoms with Gasteiger partial charge in [-0.15, -0.1) is 0 Å². The largest absolute Gasteiger partial charge is 0.378 e. The number of rotatable bonds is 8. The molecule has 2 amide bonds. The summed E-state index contributed by atoms with van der Waals surface area (Å²) < 4.78 is 26.0. The van der Waals surface area contributed by atoms with Crippen LogP contribution in [0.5, 0.6) is 0 Å². The Morgan fingerprint density at radius 2 is 2.06 bits per heavy atom. The SMILES string of the molecule is C[C@](/C=C/C(N)=O)(Cc1cc(NC(=O)c2ccc(Cl)cn2)ccc1F)SC(N)=NCF. The molecule has 0 saturated carbocycles. The third-order valence-corrected chi connectivity index (χ3v) is 5.27. The van der Waals surface area contributed by atoms with Crippen LogP contribution in [-0.4, -0.2) is 33.5 Å². The van der Waals surface area contributed by atoms with E-state index in [-0.39, 0.29) is 22.8 Å². The quantitative estimate of drug-likeness (QED) is 0.237. The predicted molar refractivity (Wildman–Crippen MR) is 119 cm³/mol. The van der Waals surface area contributed by atoms with E-state index in [1.54, 1.807) is 6.92 Å². The average Bonchev–Trinajstić information content (AvgIpc) is 2.69. The Morgan fingerprint density at radius 3 is 2.68 bits per heavy atom. The van der Waals surface area contributed by atoms with Crippen LogP contribution < -0.4 is 16.8 Å². The molecule has 11 heteroatoms. The molecule has 2 aromatic rings. The minimum atomic E-state index is -1.01. The lowest BCUT2D eigenvalue weighted by atomic mass is 9.98. The van der Waals surface area contributed by atoms with Crippen LogP contribution in [0.3, 0.4) is 0 Å². The predicted octanol–water partition coefficient (Wildman–Crippen LogP) is 3.44. The molecule has 2 rings (SSSR count). The number of thioether (sulfide) groups is 1. The summed E-state index contributed by atoms with van der Waals surface area (Å²) in [6, 6.07) is 7.02. The fourth-order valence-electron chi connectivity index (χ4n) is 2.59. The summed E-state index contributed by atoms with van der Waals surface area (Å²) in [6.07, 6.45) is 3.94. The van der Waals surface area contributed by atoms with Gasteiger partial charge in [-0.2, -0.15) is 0 Å². The van der Waals surface area contributed by atoms with Gasteiger partial charge in [-0.25, -0.2) is 18.8 Å². The molecule has 0 aliphatic heterocycles. The van der Waals surface area contributed by atoms with E-state index in [1.807, 2.05) is 0 Å². The van der Waals surface area contributed by atoms with Gasteiger partial charge in [-0.1, -0.05) is 29.4 Å². The second kappa shape index (κ2) is 10.9. The van der Waals surface area contributed by atoms with Crippen LogP contribution in [0.2, 0.25) is 5.02 Å². The molecule has 164 valence electrons. The fraction of sp³-hybridized carbons (Fsp3) is 0.200. The number of amidine groups is 1. The van der Waals surface area contributed by atoms with Gasteiger partial charge >= 0.3 is 0 Å². The number of aliphatic imine (C=N–C) groups is 1. The second-order valence-corrected chi connectivity index (χ2v) is 8.56. The summed E-state index contributed by atoms with van der Waals surface area (Å²) in [7, 11) is 0. The third kappa shape index (κ3) is 7.65. The highest BCUT2D eigenvalue weighted by Gasteiger charge is 2.26. The van der Waals surface area contributed by atoms with E-state index >= 15 is 0 Å². The average molecular weight is 468 g/mol. The molecule has 0 fully saturated rings. The molecule has 31 heavy (non-hydrogen) atoms. The highest BCUT2D eigenvalue weighted by Crippen LogP contribution is 2.32. The summed E-state index contributed by atoms with van der Waals surface area (Å²) in [5.74, 6) is -1.74. The minimum absolute atomic E-state index is 0.0404. The highest BCUT2D eigenvalue weighted by molar-refractivity contribution is 8.15. The summed E-state index contributed by atoms with van der Waals surface area (Å²) >= 11 is 6.72. The molecular formula is C20H20ClF2N5O2S. The number of anilines is 1. The maximum atomic E-state index is 14.5. The van der Waals surface area contributed by atoms with E-state index in [0.717, 1.165) is 17.8 Å². The standard InChI is InChI=1S/C20H20ClF2N5O2S/c1-20(7-6-17(24)29,31-19(25)27-11-22)9-12-8-14(3-4-15(12)23)28-18(30)16-5-2-13(21)10-26-16/h2-8,10H,9,11H2,1H3,(H2,24,29)(H2,25,27)(H,28,30)/b7-6+/t20-/m0/s1. The number of halogens is 3. The van der Waals surface area contributed by atoms with E-state index in [4.69, 9.17) is 23.1 Å². The highest BCUT2D eigenvalue weighted by atomic mass is 35.5. The molecule has 1 aromatic carbocycles. The van der Waals surface area contributed by atoms with Crippen LogP contribution in [-0.2, 0) is 11.2 Å². The summed E-state index contributed by atoms with van der Waals surface area (Å²) in [6.45, 7) is 0.656. The summed E-state index contributed by atoms with van der Waals surface area (Å²) in [5.41, 5.74) is 11.5. The maximum absolute atomic E-state index is 14.5. The molecule has 0 aliphatic carbocycles. The van der Waals surface area contributed by atoms with Crippen LogP contribution in [0.1, 0.15) is 23.0 Å². The van der Waals surface area contributed by atoms with Gasteiger partial charge in [0.05, 0.1) is 5.02 Å². The normalized spacial score (nSPS) is 13.7. The van der Waals surface area contributed by atoms with Gasteiger partial charge in [0.25, 0.3) is 5.91 Å². The first-order valence-corrected chi connectivity index (χ1v) is 10.1. The maximum Gasteiger partial charge on any atom is 0.274 e. The van der Waals surface area contributed by atoms with Crippen molar-refractivity contribution in [2.45, 2.75) is 18.1 Å². The Labute approximate surface area is 187 Å². The molecule has 0 radical (unpaired) electrons. The first-order valence-electron chi connectivity index (χ1n) is 8.87. The van der Waals surface area contributed by atoms with Gasteiger partial charge in [0.1, 0.15) is 11.5 Å². The van der Waals surface area contributed by atoms with Gasteiger partial charge in [0, 0.05) is 22.7 Å². The zero-order valence-corrected chi connectivity index (χ0v) is 18.0. The molecule has 0 spiro atoms. The minimum Gasteiger partial charge on any atom is -0.378 e. The number of carbonyl (C=O) groups is 2. The molecule has 5 N–H and O–H groups in total. The Hall–Kier alpha value is -2.98. The number of alkyl halides is 1. The van der Waals surface area contributed by atoms with Crippen LogP contribution in [0.4, 0.5) is 14.5 Å². The number of primary amides is 1. The first-order chi connectivity index (χ1) is 14.6. The van der Waals surface area contributed by atoms with E-state index in [0.29, 0.717) is 10.7 Å². The number of carbonyl (C=O) groups excluding carboxylic acids is 2. The van der Waals surface area contributed by atoms with Crippen LogP contribution in [0.15, 0.2) is 53.7 Å². The lowest BCUT2D eigenvalue weighted by molar-refractivity contribution is -0.113. The number of hydrogen-bond acceptors (Lipinski definition) is 5. The van der Waals surface area contributed by atoms with Crippen molar-refractivity contribution in [1.29, 1.82) is 0 Å². The smallest absolute Gasteiger partial charge is 0.274 e. The number of nitrogens with zero attached hydrogens (tertiary/aromatic N) is 2. The zero-order valence-electron chi connectivity index (χ0n) is 16.4. The van der Waals surface area contributed by atoms with Crippen LogP contribution >= 0.6 is 23.4 Å². The molecule has 0 aliphatic rings. The molecule has 1 atom stereocenters. The number of nitrogens with two attached hydrogens (primary N) is 2. The number of pyridine rings is 1. The Morgan fingerprint density at radius 1 is 1.32 bits per heavy atom. The van der Waals surface area contributed by atoms with E-state index in [2.05, 4.69) is 15.3 Å². The van der Waals surface area contributed by atoms with Crippen molar-refractivity contribution in [2.75, 3.05) is 12.1 Å². The van der Waals surface area contributed by atoms with Gasteiger partial charge in [-0.3, -0.25) is 9.59 Å². The molecule has 7 nitrogen and oxygen atoms in total. The van der Waals surface area contributed by atoms with Gasteiger partial charge < -0.3 is 16.8 Å². The number of benzene rings is 1. The monoisotopic (exact) mass is 467 g/mol. The van der Waals surface area contributed by atoms with Crippen molar-refractivity contribution < 1.29 is 18.4 Å². The van der Waals surface area contributed by atoms with Crippen molar-refractivity contribution in [3.05, 3.63) is 70.8 Å². The molecule has 1 heterocycles. The lowest BCUT2D eigenvalue weighted by Crippen LogP contribution is -2.27. The second-order valence-electron chi connectivity index (χ2n) is 6.57. The summed E-state index contributed by atoms with van der Waals surface area (Å²) in [5, 5.41) is 2.95. The number of amides is 2. The third-order valence-electron chi connectivity index (χ3n) is 3.96. The van der Waals surface area contributed by atoms with Crippen molar-refractivity contribution in [1.82, 2.24) is 4.98 Å². The fourth-order valence-corrected chi connectivity index (χ4v) is 3.66. The Kier molecular flexibility index (Phi) is 8.52. The number of hydrogen-bond donors (Lipinski definition) is 3. The van der Waals surface area contributed by atoms with Gasteiger partial charge in [0.15, 0.2) is 12.0 Å². The van der Waals surface area contributed by atoms with Crippen molar-refractivity contribution >= 4 is 46.0 Å². The van der Waals surface area contributed by atoms with Crippen molar-refractivity contribution in [2.24, 2.45) is 16.5 Å². The molecule has 0 bridgehead atoms. The van der Waals surface area contributed by atoms with Crippen molar-refractivity contribution in [3.8, 4) is 0 Å². The molecule has 1 aromatic heterocycles. The van der Waals surface area contributed by atoms with Gasteiger partial charge in [0.2, 0.25) is 5.91 Å². The zero-order chi connectivity index (χ0) is 23.0. The topological polar surface area (TPSA) is 123 Å². The van der Waals surface area contributed by atoms with E-state index in [9.17, 15) is 18.4 Å². The molecule has 0 saturated heterocycles. The van der Waals surface area contributed by atoms with Crippen LogP contribution in [0, 0.1) is 5.82 Å². The van der Waals surface area contributed by atoms with E-state index < -0.39 is 29.2 Å². The van der Waals surface area contributed by atoms with E-state index in [1.165, 1.54) is 42.6 Å². The number of aromatic nitrogens is 1. The number of nitrogens with one attached hydrogen (secondary N) is 1. The summed E-state index contributed by atoms with van der Waals surface area (Å²) in [4.78, 5) is 30.9. The lowest BCUT2D eigenvalue weighted by Gasteiger charge is -2.25. The van der Waals surface area contributed by atoms with Crippen LogP contribution in [0.25, 0.3) is 0 Å². The Balaban J connectivity index is 2.28.